The maximum Gasteiger partial charge on any atom is 0.343 e. The molecule has 0 unspecified atom stereocenters. The molecule has 4 rings (SSSR count). The van der Waals surface area contributed by atoms with Gasteiger partial charge in [-0.25, -0.2) is 10.2 Å². The fraction of sp³-hybridized carbons (Fsp3) is 0.0455. The predicted molar refractivity (Wildman–Crippen MR) is 114 cm³/mol. The second-order valence-electron chi connectivity index (χ2n) is 6.65. The van der Waals surface area contributed by atoms with Crippen molar-refractivity contribution >= 4 is 23.8 Å². The first-order valence-electron chi connectivity index (χ1n) is 9.44. The number of para-hydroxylation sites is 1. The molecule has 1 amide bonds. The number of hydrogen-bond donors (Lipinski definition) is 2. The van der Waals surface area contributed by atoms with E-state index in [-0.39, 0.29) is 40.7 Å². The quantitative estimate of drug-likeness (QED) is 0.192. The van der Waals surface area contributed by atoms with E-state index in [2.05, 4.69) is 10.5 Å². The number of hydrazone groups is 1. The monoisotopic (exact) mass is 449 g/mol. The number of phenolic OH excluding ortho intramolecular Hbond substituents is 1. The lowest BCUT2D eigenvalue weighted by Crippen LogP contribution is -2.18. The molecule has 1 aliphatic rings. The Morgan fingerprint density at radius 2 is 1.88 bits per heavy atom. The predicted octanol–water partition coefficient (Wildman–Crippen LogP) is 3.01. The first-order valence-corrected chi connectivity index (χ1v) is 9.44. The van der Waals surface area contributed by atoms with Crippen molar-refractivity contribution in [1.82, 2.24) is 5.43 Å². The van der Waals surface area contributed by atoms with E-state index >= 15 is 0 Å². The van der Waals surface area contributed by atoms with Gasteiger partial charge in [0.05, 0.1) is 22.3 Å². The summed E-state index contributed by atoms with van der Waals surface area (Å²) in [6.45, 7) is 0.0449. The molecule has 0 aliphatic carbocycles. The van der Waals surface area contributed by atoms with Crippen molar-refractivity contribution in [2.45, 2.75) is 0 Å². The number of benzene rings is 3. The molecule has 3 aromatic rings. The number of hydrogen-bond acceptors (Lipinski definition) is 9. The first-order chi connectivity index (χ1) is 15.9. The number of rotatable bonds is 6. The minimum absolute atomic E-state index is 0.0110. The highest BCUT2D eigenvalue weighted by molar-refractivity contribution is 5.98. The average Bonchev–Trinajstić information content (AvgIpc) is 3.28. The van der Waals surface area contributed by atoms with Crippen LogP contribution in [0.2, 0.25) is 0 Å². The molecule has 0 saturated heterocycles. The van der Waals surface area contributed by atoms with Gasteiger partial charge in [0.25, 0.3) is 11.6 Å². The molecule has 0 radical (unpaired) electrons. The van der Waals surface area contributed by atoms with E-state index in [0.29, 0.717) is 11.5 Å². The molecule has 0 atom stereocenters. The van der Waals surface area contributed by atoms with Gasteiger partial charge in [-0.1, -0.05) is 12.1 Å². The molecule has 1 heterocycles. The summed E-state index contributed by atoms with van der Waals surface area (Å²) in [6.07, 6.45) is 1.09. The summed E-state index contributed by atoms with van der Waals surface area (Å²) in [4.78, 5) is 35.3. The molecule has 3 aromatic carbocycles. The summed E-state index contributed by atoms with van der Waals surface area (Å²) in [5, 5.41) is 24.7. The number of fused-ring (bicyclic) bond motifs is 1. The van der Waals surface area contributed by atoms with Crippen molar-refractivity contribution in [2.75, 3.05) is 6.79 Å². The molecule has 166 valence electrons. The molecule has 2 N–H and O–H groups in total. The maximum atomic E-state index is 12.6. The lowest BCUT2D eigenvalue weighted by Gasteiger charge is -2.08. The van der Waals surface area contributed by atoms with Gasteiger partial charge in [0.15, 0.2) is 11.5 Å². The van der Waals surface area contributed by atoms with Gasteiger partial charge < -0.3 is 19.3 Å². The van der Waals surface area contributed by atoms with Gasteiger partial charge in [0.1, 0.15) is 11.5 Å². The first kappa shape index (κ1) is 21.3. The van der Waals surface area contributed by atoms with Gasteiger partial charge >= 0.3 is 5.97 Å². The number of carbonyl (C=O) groups excluding carboxylic acids is 2. The third-order valence-electron chi connectivity index (χ3n) is 4.53. The van der Waals surface area contributed by atoms with E-state index in [1.165, 1.54) is 36.4 Å². The van der Waals surface area contributed by atoms with Crippen LogP contribution >= 0.6 is 0 Å². The molecule has 0 saturated carbocycles. The summed E-state index contributed by atoms with van der Waals surface area (Å²) in [7, 11) is 0. The van der Waals surface area contributed by atoms with Crippen LogP contribution in [-0.4, -0.2) is 34.9 Å². The number of aromatic hydroxyl groups is 1. The molecule has 0 aromatic heterocycles. The highest BCUT2D eigenvalue weighted by Gasteiger charge is 2.19. The zero-order chi connectivity index (χ0) is 23.4. The summed E-state index contributed by atoms with van der Waals surface area (Å²) in [5.74, 6) is -0.817. The summed E-state index contributed by atoms with van der Waals surface area (Å²) in [6, 6.07) is 13.9. The van der Waals surface area contributed by atoms with Crippen molar-refractivity contribution in [3.05, 3.63) is 87.5 Å². The maximum absolute atomic E-state index is 12.6. The van der Waals surface area contributed by atoms with Crippen molar-refractivity contribution < 1.29 is 33.8 Å². The fourth-order valence-electron chi connectivity index (χ4n) is 2.91. The Labute approximate surface area is 186 Å². The number of non-ortho nitro benzene ring substituents is 1. The van der Waals surface area contributed by atoms with E-state index in [9.17, 15) is 24.8 Å². The Kier molecular flexibility index (Phi) is 5.85. The molecule has 0 fully saturated rings. The van der Waals surface area contributed by atoms with Gasteiger partial charge in [-0.2, -0.15) is 5.10 Å². The lowest BCUT2D eigenvalue weighted by molar-refractivity contribution is -0.384. The largest absolute Gasteiger partial charge is 0.507 e. The van der Waals surface area contributed by atoms with E-state index in [4.69, 9.17) is 14.2 Å². The van der Waals surface area contributed by atoms with Crippen LogP contribution in [0.3, 0.4) is 0 Å². The zero-order valence-corrected chi connectivity index (χ0v) is 16.8. The van der Waals surface area contributed by atoms with Gasteiger partial charge in [-0.3, -0.25) is 14.9 Å². The van der Waals surface area contributed by atoms with Gasteiger partial charge in [0.2, 0.25) is 6.79 Å². The van der Waals surface area contributed by atoms with E-state index in [0.717, 1.165) is 12.3 Å². The number of ether oxygens (including phenoxy) is 3. The molecule has 0 bridgehead atoms. The van der Waals surface area contributed by atoms with Crippen LogP contribution < -0.4 is 19.6 Å². The minimum atomic E-state index is -0.741. The Bertz CT molecular complexity index is 1290. The number of nitro groups is 1. The standard InChI is InChI=1S/C22H15N3O8/c26-17-4-2-1-3-16(17)21(27)24-23-11-14-9-15(25(29)30)6-8-18(14)33-22(28)13-5-7-19-20(10-13)32-12-31-19/h1-11,26H,12H2,(H,24,27). The average molecular weight is 449 g/mol. The number of nitrogens with one attached hydrogen (secondary N) is 1. The van der Waals surface area contributed by atoms with Crippen LogP contribution in [0.1, 0.15) is 26.3 Å². The number of amides is 1. The summed E-state index contributed by atoms with van der Waals surface area (Å²) >= 11 is 0. The molecule has 1 aliphatic heterocycles. The SMILES string of the molecule is O=C(Oc1ccc([N+](=O)[O-])cc1C=NNC(=O)c1ccccc1O)c1ccc2c(c1)OCO2. The van der Waals surface area contributed by atoms with Crippen LogP contribution in [-0.2, 0) is 0 Å². The van der Waals surface area contributed by atoms with Crippen molar-refractivity contribution in [3.63, 3.8) is 0 Å². The van der Waals surface area contributed by atoms with Crippen molar-refractivity contribution in [3.8, 4) is 23.0 Å². The number of carbonyl (C=O) groups is 2. The van der Waals surface area contributed by atoms with Gasteiger partial charge in [-0.15, -0.1) is 0 Å². The van der Waals surface area contributed by atoms with E-state index in [1.807, 2.05) is 0 Å². The lowest BCUT2D eigenvalue weighted by atomic mass is 10.1. The molecular weight excluding hydrogens is 434 g/mol. The van der Waals surface area contributed by atoms with Crippen LogP contribution in [0.15, 0.2) is 65.8 Å². The van der Waals surface area contributed by atoms with Crippen LogP contribution in [0.5, 0.6) is 23.0 Å². The number of phenols is 1. The third-order valence-corrected chi connectivity index (χ3v) is 4.53. The topological polar surface area (TPSA) is 150 Å². The van der Waals surface area contributed by atoms with Crippen molar-refractivity contribution in [2.24, 2.45) is 5.10 Å². The number of nitro benzene ring substituents is 1. The molecule has 33 heavy (non-hydrogen) atoms. The van der Waals surface area contributed by atoms with E-state index in [1.54, 1.807) is 18.2 Å². The molecule has 11 nitrogen and oxygen atoms in total. The zero-order valence-electron chi connectivity index (χ0n) is 16.8. The Morgan fingerprint density at radius 1 is 1.09 bits per heavy atom. The van der Waals surface area contributed by atoms with Crippen LogP contribution in [0, 0.1) is 10.1 Å². The molecule has 0 spiro atoms. The van der Waals surface area contributed by atoms with Crippen LogP contribution in [0.4, 0.5) is 5.69 Å². The Hall–Kier alpha value is -4.93. The highest BCUT2D eigenvalue weighted by Crippen LogP contribution is 2.33. The van der Waals surface area contributed by atoms with E-state index < -0.39 is 16.8 Å². The molecule has 11 heteroatoms. The normalized spacial score (nSPS) is 11.9. The number of nitrogens with zero attached hydrogens (tertiary/aromatic N) is 2. The highest BCUT2D eigenvalue weighted by atomic mass is 16.7. The Morgan fingerprint density at radius 3 is 2.67 bits per heavy atom. The number of esters is 1. The van der Waals surface area contributed by atoms with Gasteiger partial charge in [-0.05, 0) is 36.4 Å². The molecular formula is C22H15N3O8. The smallest absolute Gasteiger partial charge is 0.343 e. The summed E-state index contributed by atoms with van der Waals surface area (Å²) in [5.41, 5.74) is 2.16. The second-order valence-corrected chi connectivity index (χ2v) is 6.65. The fourth-order valence-corrected chi connectivity index (χ4v) is 2.91. The van der Waals surface area contributed by atoms with Crippen LogP contribution in [0.25, 0.3) is 0 Å². The summed E-state index contributed by atoms with van der Waals surface area (Å²) < 4.78 is 15.8. The Balaban J connectivity index is 1.55. The third kappa shape index (κ3) is 4.71. The second kappa shape index (κ2) is 9.06. The minimum Gasteiger partial charge on any atom is -0.507 e. The van der Waals surface area contributed by atoms with Gasteiger partial charge in [0, 0.05) is 17.7 Å². The van der Waals surface area contributed by atoms with Crippen molar-refractivity contribution in [1.29, 1.82) is 0 Å².